The van der Waals surface area contributed by atoms with Gasteiger partial charge in [-0.15, -0.1) is 45.5 Å². The molecule has 4 atom stereocenters. The van der Waals surface area contributed by atoms with Gasteiger partial charge in [-0.3, -0.25) is 0 Å². The molecule has 226 valence electrons. The molecule has 0 rings (SSSR count). The van der Waals surface area contributed by atoms with Crippen LogP contribution in [0.1, 0.15) is 55.4 Å². The van der Waals surface area contributed by atoms with Crippen molar-refractivity contribution in [3.63, 3.8) is 0 Å². The van der Waals surface area contributed by atoms with Crippen LogP contribution in [0.5, 0.6) is 0 Å². The molecule has 0 saturated heterocycles. The summed E-state index contributed by atoms with van der Waals surface area (Å²) in [6.45, 7) is 16.5. The predicted molar refractivity (Wildman–Crippen MR) is 176 cm³/mol. The van der Waals surface area contributed by atoms with Crippen LogP contribution in [0, 0.1) is 0 Å². The van der Waals surface area contributed by atoms with Crippen molar-refractivity contribution >= 4 is 116 Å². The van der Waals surface area contributed by atoms with Crippen molar-refractivity contribution in [2.45, 2.75) is 55.4 Å². The minimum absolute atomic E-state index is 0. The minimum Gasteiger partial charge on any atom is -0.793 e. The first-order valence-corrected chi connectivity index (χ1v) is 27.8. The van der Waals surface area contributed by atoms with Gasteiger partial charge >= 0.3 is 21.1 Å². The van der Waals surface area contributed by atoms with Crippen molar-refractivity contribution in [2.75, 3.05) is 49.4 Å². The van der Waals surface area contributed by atoms with Crippen molar-refractivity contribution in [2.24, 2.45) is 0 Å². The normalized spacial score (nSPS) is 16.8. The smallest absolute Gasteiger partial charge is 0.793 e. The molecule has 37 heavy (non-hydrogen) atoms. The standard InChI is InChI=1S/4C4H11O2PS2.Mo/c4*1-3-6-7(5,8)9-4-2;/h4*3-4H2,1-2H3,(H,5,8);/q;;;;+4/p-4. The van der Waals surface area contributed by atoms with E-state index in [2.05, 4.69) is 47.2 Å². The van der Waals surface area contributed by atoms with Crippen LogP contribution >= 0.6 is 68.3 Å². The zero-order valence-corrected chi connectivity index (χ0v) is 34.5. The Balaban J connectivity index is -0.000000122. The Labute approximate surface area is 276 Å². The molecule has 0 saturated carbocycles. The van der Waals surface area contributed by atoms with E-state index >= 15 is 0 Å². The Hall–Kier alpha value is 4.37. The maximum absolute atomic E-state index is 11.0. The average Bonchev–Trinajstić information content (AvgIpc) is 2.69. The van der Waals surface area contributed by atoms with E-state index in [-0.39, 0.29) is 21.1 Å². The second kappa shape index (κ2) is 31.8. The van der Waals surface area contributed by atoms with Gasteiger partial charge in [-0.2, -0.15) is 0 Å². The van der Waals surface area contributed by atoms with Crippen molar-refractivity contribution in [1.82, 2.24) is 0 Å². The van der Waals surface area contributed by atoms with Crippen LogP contribution in [0.2, 0.25) is 0 Å². The SMILES string of the molecule is CCOP([O-])(=S)SCC.CCOP([O-])(=S)SCC.CCOP([O-])(=S)SCC.CCOP([O-])(=S)SCC.[Mo+4]. The summed E-state index contributed by atoms with van der Waals surface area (Å²) in [5.41, 5.74) is -10.8. The maximum Gasteiger partial charge on any atom is 4.00 e. The van der Waals surface area contributed by atoms with E-state index in [1.807, 2.05) is 27.7 Å². The Morgan fingerprint density at radius 3 is 0.649 bits per heavy atom. The van der Waals surface area contributed by atoms with Gasteiger partial charge in [0.05, 0.1) is 0 Å². The molecule has 0 aromatic carbocycles. The van der Waals surface area contributed by atoms with Gasteiger partial charge in [-0.05, 0) is 50.7 Å². The molecule has 0 aliphatic heterocycles. The fourth-order valence-electron chi connectivity index (χ4n) is 1.41. The molecule has 0 heterocycles. The molecule has 8 nitrogen and oxygen atoms in total. The zero-order chi connectivity index (χ0) is 29.3. The molecule has 0 N–H and O–H groups in total. The van der Waals surface area contributed by atoms with Crippen LogP contribution in [0.15, 0.2) is 0 Å². The summed E-state index contributed by atoms with van der Waals surface area (Å²) >= 11 is 23.4. The van der Waals surface area contributed by atoms with Crippen molar-refractivity contribution in [3.8, 4) is 0 Å². The van der Waals surface area contributed by atoms with Crippen molar-refractivity contribution < 1.29 is 58.7 Å². The zero-order valence-electron chi connectivity index (χ0n) is 22.4. The molecule has 0 amide bonds. The third-order valence-corrected chi connectivity index (χ3v) is 20.1. The molecule has 0 aliphatic rings. The summed E-state index contributed by atoms with van der Waals surface area (Å²) in [6, 6.07) is 0. The predicted octanol–water partition coefficient (Wildman–Crippen LogP) is 5.44. The quantitative estimate of drug-likeness (QED) is 0.144. The second-order valence-corrected chi connectivity index (χ2v) is 30.5. The molecule has 0 aromatic rings. The molecule has 0 aliphatic carbocycles. The van der Waals surface area contributed by atoms with Gasteiger partial charge in [0.15, 0.2) is 0 Å². The molecule has 0 radical (unpaired) electrons. The van der Waals surface area contributed by atoms with Gasteiger partial charge in [0.2, 0.25) is 0 Å². The van der Waals surface area contributed by atoms with Crippen LogP contribution in [-0.4, -0.2) is 49.4 Å². The third-order valence-electron chi connectivity index (χ3n) is 2.30. The fraction of sp³-hybridized carbons (Fsp3) is 1.00. The largest absolute Gasteiger partial charge is 4.00 e. The van der Waals surface area contributed by atoms with Gasteiger partial charge in [0, 0.05) is 49.2 Å². The summed E-state index contributed by atoms with van der Waals surface area (Å²) in [6.07, 6.45) is 0. The first kappa shape index (κ1) is 51.0. The van der Waals surface area contributed by atoms with E-state index in [9.17, 15) is 19.6 Å². The Bertz CT molecular complexity index is 547. The van der Waals surface area contributed by atoms with E-state index in [4.69, 9.17) is 18.1 Å². The first-order chi connectivity index (χ1) is 16.5. The average molecular weight is 837 g/mol. The molecular formula is C16H40MoO8P4S8. The molecular weight excluding hydrogens is 797 g/mol. The van der Waals surface area contributed by atoms with Gasteiger partial charge in [-0.25, -0.2) is 0 Å². The first-order valence-electron chi connectivity index (χ1n) is 10.9. The number of hydrogen-bond donors (Lipinski definition) is 0. The summed E-state index contributed by atoms with van der Waals surface area (Å²) in [5.74, 6) is 3.00. The molecule has 0 fully saturated rings. The summed E-state index contributed by atoms with van der Waals surface area (Å²) in [4.78, 5) is 43.9. The van der Waals surface area contributed by atoms with Crippen LogP contribution < -0.4 is 19.6 Å². The summed E-state index contributed by atoms with van der Waals surface area (Å²) in [7, 11) is 0. The monoisotopic (exact) mass is 838 g/mol. The van der Waals surface area contributed by atoms with Gasteiger partial charge < -0.3 is 37.7 Å². The Morgan fingerprint density at radius 1 is 0.432 bits per heavy atom. The second-order valence-electron chi connectivity index (χ2n) is 5.13. The third kappa shape index (κ3) is 44.9. The molecule has 4 unspecified atom stereocenters. The van der Waals surface area contributed by atoms with Crippen molar-refractivity contribution in [3.05, 3.63) is 0 Å². The fourth-order valence-corrected chi connectivity index (χ4v) is 15.3. The minimum atomic E-state index is -2.69. The number of hydrogen-bond acceptors (Lipinski definition) is 16. The van der Waals surface area contributed by atoms with Crippen LogP contribution in [0.3, 0.4) is 0 Å². The van der Waals surface area contributed by atoms with E-state index < -0.39 is 22.8 Å². The number of rotatable bonds is 16. The van der Waals surface area contributed by atoms with E-state index in [1.54, 1.807) is 27.7 Å². The van der Waals surface area contributed by atoms with Crippen LogP contribution in [0.4, 0.5) is 0 Å². The summed E-state index contributed by atoms with van der Waals surface area (Å²) < 4.78 is 19.2. The molecule has 0 spiro atoms. The van der Waals surface area contributed by atoms with Gasteiger partial charge in [0.1, 0.15) is 0 Å². The van der Waals surface area contributed by atoms with E-state index in [0.717, 1.165) is 23.0 Å². The van der Waals surface area contributed by atoms with Crippen LogP contribution in [-0.2, 0) is 86.4 Å². The summed E-state index contributed by atoms with van der Waals surface area (Å²) in [5, 5.41) is 0. The Morgan fingerprint density at radius 2 is 0.568 bits per heavy atom. The molecule has 0 aromatic heterocycles. The maximum atomic E-state index is 11.0. The van der Waals surface area contributed by atoms with E-state index in [0.29, 0.717) is 26.4 Å². The van der Waals surface area contributed by atoms with Crippen molar-refractivity contribution in [1.29, 1.82) is 0 Å². The van der Waals surface area contributed by atoms with Crippen LogP contribution in [0.25, 0.3) is 0 Å². The van der Waals surface area contributed by atoms with E-state index in [1.165, 1.54) is 45.5 Å². The van der Waals surface area contributed by atoms with Gasteiger partial charge in [-0.1, -0.05) is 74.9 Å². The topological polar surface area (TPSA) is 129 Å². The Kier molecular flexibility index (Phi) is 43.8. The van der Waals surface area contributed by atoms with Gasteiger partial charge in [0.25, 0.3) is 0 Å². The molecule has 0 bridgehead atoms. The molecule has 21 heteroatoms.